The summed E-state index contributed by atoms with van der Waals surface area (Å²) in [5.74, 6) is -0.203. The number of alkyl carbamates (subject to hydrolysis) is 1. The molecular weight excluding hydrogens is 346 g/mol. The maximum absolute atomic E-state index is 12.8. The van der Waals surface area contributed by atoms with Crippen LogP contribution in [0.5, 0.6) is 0 Å². The zero-order valence-electron chi connectivity index (χ0n) is 17.4. The molecule has 2 unspecified atom stereocenters. The summed E-state index contributed by atoms with van der Waals surface area (Å²) in [4.78, 5) is 40.6. The van der Waals surface area contributed by atoms with Gasteiger partial charge >= 0.3 is 6.09 Å². The highest BCUT2D eigenvalue weighted by molar-refractivity contribution is 5.89. The maximum Gasteiger partial charge on any atom is 0.407 e. The number of likely N-dealkylation sites (N-methyl/N-ethyl adjacent to an activating group) is 1. The van der Waals surface area contributed by atoms with E-state index in [0.29, 0.717) is 25.6 Å². The summed E-state index contributed by atoms with van der Waals surface area (Å²) in [6.45, 7) is 8.17. The quantitative estimate of drug-likeness (QED) is 0.794. The van der Waals surface area contributed by atoms with Crippen LogP contribution in [0.3, 0.4) is 0 Å². The van der Waals surface area contributed by atoms with E-state index in [1.54, 1.807) is 11.9 Å². The summed E-state index contributed by atoms with van der Waals surface area (Å²) in [6.07, 6.45) is 5.50. The molecule has 1 aliphatic carbocycles. The van der Waals surface area contributed by atoms with Crippen molar-refractivity contribution >= 4 is 17.9 Å². The van der Waals surface area contributed by atoms with Crippen LogP contribution in [0.4, 0.5) is 4.79 Å². The first-order chi connectivity index (χ1) is 12.6. The lowest BCUT2D eigenvalue weighted by Gasteiger charge is -2.31. The number of amides is 3. The Morgan fingerprint density at radius 1 is 1.26 bits per heavy atom. The van der Waals surface area contributed by atoms with Crippen molar-refractivity contribution in [3.05, 3.63) is 0 Å². The Labute approximate surface area is 162 Å². The van der Waals surface area contributed by atoms with Crippen molar-refractivity contribution in [2.75, 3.05) is 20.1 Å². The Kier molecular flexibility index (Phi) is 7.12. The fourth-order valence-corrected chi connectivity index (χ4v) is 4.01. The van der Waals surface area contributed by atoms with Crippen molar-refractivity contribution in [3.8, 4) is 0 Å². The van der Waals surface area contributed by atoms with Crippen molar-refractivity contribution in [2.24, 2.45) is 5.92 Å². The standard InChI is InChI=1S/C20H35N3O4/c1-14(21-19(26)27-20(2,3)4)12-22(5)18(25)15-11-17(24)23(13-15)16-9-7-6-8-10-16/h14-16H,6-13H2,1-5H3,(H,21,26). The first kappa shape index (κ1) is 21.5. The Morgan fingerprint density at radius 2 is 1.89 bits per heavy atom. The second-order valence-corrected chi connectivity index (χ2v) is 9.01. The minimum Gasteiger partial charge on any atom is -0.444 e. The van der Waals surface area contributed by atoms with Crippen molar-refractivity contribution in [1.82, 2.24) is 15.1 Å². The molecule has 2 rings (SSSR count). The molecule has 0 spiro atoms. The highest BCUT2D eigenvalue weighted by Crippen LogP contribution is 2.29. The van der Waals surface area contributed by atoms with Gasteiger partial charge in [-0.3, -0.25) is 9.59 Å². The van der Waals surface area contributed by atoms with E-state index in [-0.39, 0.29) is 23.8 Å². The molecule has 0 aromatic rings. The SMILES string of the molecule is CC(CN(C)C(=O)C1CC(=O)N(C2CCCCC2)C1)NC(=O)OC(C)(C)C. The van der Waals surface area contributed by atoms with Crippen LogP contribution in [0, 0.1) is 5.92 Å². The maximum atomic E-state index is 12.8. The molecular formula is C20H35N3O4. The van der Waals surface area contributed by atoms with Gasteiger partial charge in [-0.25, -0.2) is 4.79 Å². The van der Waals surface area contributed by atoms with Crippen molar-refractivity contribution in [1.29, 1.82) is 0 Å². The third-order valence-electron chi connectivity index (χ3n) is 5.21. The number of hydrogen-bond donors (Lipinski definition) is 1. The summed E-state index contributed by atoms with van der Waals surface area (Å²) in [7, 11) is 1.73. The Hall–Kier alpha value is -1.79. The summed E-state index contributed by atoms with van der Waals surface area (Å²) in [5, 5.41) is 2.75. The smallest absolute Gasteiger partial charge is 0.407 e. The number of nitrogens with zero attached hydrogens (tertiary/aromatic N) is 2. The fraction of sp³-hybridized carbons (Fsp3) is 0.850. The molecule has 0 radical (unpaired) electrons. The summed E-state index contributed by atoms with van der Waals surface area (Å²) in [6, 6.07) is 0.0717. The van der Waals surface area contributed by atoms with Crippen LogP contribution in [0.25, 0.3) is 0 Å². The van der Waals surface area contributed by atoms with Gasteiger partial charge in [0.05, 0.1) is 5.92 Å². The predicted octanol–water partition coefficient (Wildman–Crippen LogP) is 2.54. The molecule has 3 amide bonds. The number of likely N-dealkylation sites (tertiary alicyclic amines) is 1. The molecule has 27 heavy (non-hydrogen) atoms. The number of carbonyl (C=O) groups excluding carboxylic acids is 3. The van der Waals surface area contributed by atoms with Crippen molar-refractivity contribution in [2.45, 2.75) is 83.9 Å². The molecule has 1 aliphatic heterocycles. The zero-order chi connectivity index (χ0) is 20.2. The molecule has 0 aromatic carbocycles. The van der Waals surface area contributed by atoms with Gasteiger partial charge in [-0.1, -0.05) is 19.3 Å². The lowest BCUT2D eigenvalue weighted by molar-refractivity contribution is -0.135. The summed E-state index contributed by atoms with van der Waals surface area (Å²) >= 11 is 0. The second kappa shape index (κ2) is 8.93. The van der Waals surface area contributed by atoms with E-state index in [2.05, 4.69) is 5.32 Å². The van der Waals surface area contributed by atoms with Gasteiger partial charge in [0, 0.05) is 38.6 Å². The van der Waals surface area contributed by atoms with Crippen LogP contribution >= 0.6 is 0 Å². The van der Waals surface area contributed by atoms with Gasteiger partial charge in [-0.2, -0.15) is 0 Å². The van der Waals surface area contributed by atoms with Crippen LogP contribution < -0.4 is 5.32 Å². The van der Waals surface area contributed by atoms with Gasteiger partial charge in [0.25, 0.3) is 0 Å². The van der Waals surface area contributed by atoms with E-state index in [9.17, 15) is 14.4 Å². The van der Waals surface area contributed by atoms with Gasteiger partial charge in [-0.05, 0) is 40.5 Å². The Morgan fingerprint density at radius 3 is 2.48 bits per heavy atom. The molecule has 7 nitrogen and oxygen atoms in total. The van der Waals surface area contributed by atoms with Gasteiger partial charge in [-0.15, -0.1) is 0 Å². The fourth-order valence-electron chi connectivity index (χ4n) is 4.01. The Balaban J connectivity index is 1.82. The molecule has 0 aromatic heterocycles. The third-order valence-corrected chi connectivity index (χ3v) is 5.21. The summed E-state index contributed by atoms with van der Waals surface area (Å²) in [5.41, 5.74) is -0.557. The number of nitrogens with one attached hydrogen (secondary N) is 1. The predicted molar refractivity (Wildman–Crippen MR) is 103 cm³/mol. The number of carbonyl (C=O) groups is 3. The number of ether oxygens (including phenoxy) is 1. The van der Waals surface area contributed by atoms with E-state index in [1.807, 2.05) is 32.6 Å². The average Bonchev–Trinajstić information content (AvgIpc) is 2.94. The van der Waals surface area contributed by atoms with Crippen LogP contribution in [0.15, 0.2) is 0 Å². The normalized spacial score (nSPS) is 22.5. The van der Waals surface area contributed by atoms with Gasteiger partial charge < -0.3 is 19.9 Å². The molecule has 1 N–H and O–H groups in total. The van der Waals surface area contributed by atoms with E-state index < -0.39 is 11.7 Å². The van der Waals surface area contributed by atoms with Crippen LogP contribution in [-0.2, 0) is 14.3 Å². The molecule has 2 fully saturated rings. The molecule has 1 saturated carbocycles. The van der Waals surface area contributed by atoms with Gasteiger partial charge in [0.1, 0.15) is 5.60 Å². The highest BCUT2D eigenvalue weighted by Gasteiger charge is 2.39. The lowest BCUT2D eigenvalue weighted by atomic mass is 9.94. The highest BCUT2D eigenvalue weighted by atomic mass is 16.6. The van der Waals surface area contributed by atoms with Gasteiger partial charge in [0.2, 0.25) is 11.8 Å². The van der Waals surface area contributed by atoms with Gasteiger partial charge in [0.15, 0.2) is 0 Å². The zero-order valence-corrected chi connectivity index (χ0v) is 17.4. The van der Waals surface area contributed by atoms with Crippen molar-refractivity contribution in [3.63, 3.8) is 0 Å². The first-order valence-corrected chi connectivity index (χ1v) is 10.1. The monoisotopic (exact) mass is 381 g/mol. The minimum absolute atomic E-state index is 0.0282. The van der Waals surface area contributed by atoms with Crippen LogP contribution in [0.2, 0.25) is 0 Å². The summed E-state index contributed by atoms with van der Waals surface area (Å²) < 4.78 is 5.24. The third kappa shape index (κ3) is 6.40. The van der Waals surface area contributed by atoms with E-state index in [1.165, 1.54) is 19.3 Å². The van der Waals surface area contributed by atoms with Crippen LogP contribution in [-0.4, -0.2) is 65.5 Å². The Bertz CT molecular complexity index is 552. The molecule has 7 heteroatoms. The molecule has 0 bridgehead atoms. The average molecular weight is 382 g/mol. The molecule has 1 heterocycles. The molecule has 1 saturated heterocycles. The molecule has 154 valence electrons. The lowest BCUT2D eigenvalue weighted by Crippen LogP contribution is -2.46. The number of rotatable bonds is 5. The van der Waals surface area contributed by atoms with E-state index in [0.717, 1.165) is 12.8 Å². The largest absolute Gasteiger partial charge is 0.444 e. The molecule has 2 aliphatic rings. The first-order valence-electron chi connectivity index (χ1n) is 10.1. The van der Waals surface area contributed by atoms with E-state index >= 15 is 0 Å². The minimum atomic E-state index is -0.557. The van der Waals surface area contributed by atoms with Crippen molar-refractivity contribution < 1.29 is 19.1 Å². The topological polar surface area (TPSA) is 79.0 Å². The number of hydrogen-bond acceptors (Lipinski definition) is 4. The van der Waals surface area contributed by atoms with E-state index in [4.69, 9.17) is 4.74 Å². The van der Waals surface area contributed by atoms with Crippen LogP contribution in [0.1, 0.15) is 66.2 Å². The molecule has 2 atom stereocenters. The second-order valence-electron chi connectivity index (χ2n) is 9.01.